The topological polar surface area (TPSA) is 37.3 Å². The lowest BCUT2D eigenvalue weighted by Gasteiger charge is -2.06. The number of aromatic hydroxyl groups is 1. The van der Waals surface area contributed by atoms with Crippen LogP contribution in [0.25, 0.3) is 0 Å². The standard InChI is InChI=1S/C10H12O2/c1-6-4-5-7(2)10(12)9(6)8(3)11/h4-5,12H,1-3H3. The Labute approximate surface area is 71.8 Å². The van der Waals surface area contributed by atoms with Gasteiger partial charge in [0.2, 0.25) is 0 Å². The second kappa shape index (κ2) is 2.97. The first-order valence-corrected chi connectivity index (χ1v) is 3.84. The second-order valence-electron chi connectivity index (χ2n) is 2.98. The fraction of sp³-hybridized carbons (Fsp3) is 0.300. The number of Topliss-reactive ketones (excluding diaryl/α,β-unsaturated/α-hetero) is 1. The summed E-state index contributed by atoms with van der Waals surface area (Å²) in [6.07, 6.45) is 0. The third-order valence-electron chi connectivity index (χ3n) is 1.94. The van der Waals surface area contributed by atoms with Crippen molar-refractivity contribution in [1.29, 1.82) is 0 Å². The lowest BCUT2D eigenvalue weighted by Crippen LogP contribution is -1.97. The van der Waals surface area contributed by atoms with E-state index in [9.17, 15) is 9.90 Å². The summed E-state index contributed by atoms with van der Waals surface area (Å²) in [5.41, 5.74) is 2.01. The summed E-state index contributed by atoms with van der Waals surface area (Å²) in [5, 5.41) is 9.53. The molecule has 1 aromatic carbocycles. The first-order valence-electron chi connectivity index (χ1n) is 3.84. The molecule has 0 heterocycles. The van der Waals surface area contributed by atoms with E-state index in [4.69, 9.17) is 0 Å². The van der Waals surface area contributed by atoms with E-state index in [1.165, 1.54) is 6.92 Å². The number of carbonyl (C=O) groups excluding carboxylic acids is 1. The maximum atomic E-state index is 11.1. The number of aryl methyl sites for hydroxylation is 2. The molecule has 0 unspecified atom stereocenters. The molecule has 0 saturated carbocycles. The molecule has 0 radical (unpaired) electrons. The maximum Gasteiger partial charge on any atom is 0.163 e. The normalized spacial score (nSPS) is 9.92. The summed E-state index contributed by atoms with van der Waals surface area (Å²) >= 11 is 0. The largest absolute Gasteiger partial charge is 0.507 e. The predicted octanol–water partition coefficient (Wildman–Crippen LogP) is 2.21. The minimum absolute atomic E-state index is 0.0892. The van der Waals surface area contributed by atoms with E-state index in [0.29, 0.717) is 5.56 Å². The molecule has 0 amide bonds. The van der Waals surface area contributed by atoms with Crippen molar-refractivity contribution in [2.75, 3.05) is 0 Å². The maximum absolute atomic E-state index is 11.1. The van der Waals surface area contributed by atoms with Crippen LogP contribution in [0.3, 0.4) is 0 Å². The molecule has 0 aliphatic rings. The highest BCUT2D eigenvalue weighted by molar-refractivity contribution is 5.98. The number of hydrogen-bond acceptors (Lipinski definition) is 2. The predicted molar refractivity (Wildman–Crippen MR) is 47.6 cm³/mol. The minimum atomic E-state index is -0.0892. The number of carbonyl (C=O) groups is 1. The number of phenols is 1. The average Bonchev–Trinajstić information content (AvgIpc) is 1.97. The van der Waals surface area contributed by atoms with Gasteiger partial charge in [-0.25, -0.2) is 0 Å². The molecule has 12 heavy (non-hydrogen) atoms. The first-order chi connectivity index (χ1) is 5.54. The third-order valence-corrected chi connectivity index (χ3v) is 1.94. The zero-order valence-electron chi connectivity index (χ0n) is 7.51. The molecule has 0 aliphatic carbocycles. The van der Waals surface area contributed by atoms with E-state index in [1.54, 1.807) is 13.0 Å². The van der Waals surface area contributed by atoms with Crippen LogP contribution in [0.5, 0.6) is 5.75 Å². The molecule has 1 N–H and O–H groups in total. The number of ketones is 1. The zero-order chi connectivity index (χ0) is 9.30. The molecule has 0 spiro atoms. The van der Waals surface area contributed by atoms with Gasteiger partial charge in [0, 0.05) is 0 Å². The van der Waals surface area contributed by atoms with Crippen molar-refractivity contribution in [3.05, 3.63) is 28.8 Å². The fourth-order valence-corrected chi connectivity index (χ4v) is 1.24. The van der Waals surface area contributed by atoms with E-state index >= 15 is 0 Å². The Morgan fingerprint density at radius 2 is 1.75 bits per heavy atom. The van der Waals surface area contributed by atoms with Crippen molar-refractivity contribution in [1.82, 2.24) is 0 Å². The van der Waals surface area contributed by atoms with Crippen molar-refractivity contribution in [3.8, 4) is 5.75 Å². The van der Waals surface area contributed by atoms with Crippen LogP contribution in [0.2, 0.25) is 0 Å². The smallest absolute Gasteiger partial charge is 0.163 e. The molecule has 1 aromatic rings. The van der Waals surface area contributed by atoms with Gasteiger partial charge in [0.1, 0.15) is 5.75 Å². The van der Waals surface area contributed by atoms with Crippen LogP contribution in [0, 0.1) is 13.8 Å². The quantitative estimate of drug-likeness (QED) is 0.646. The van der Waals surface area contributed by atoms with Crippen molar-refractivity contribution in [2.45, 2.75) is 20.8 Å². The van der Waals surface area contributed by atoms with Gasteiger partial charge in [-0.15, -0.1) is 0 Å². The summed E-state index contributed by atoms with van der Waals surface area (Å²) in [7, 11) is 0. The van der Waals surface area contributed by atoms with Crippen LogP contribution < -0.4 is 0 Å². The van der Waals surface area contributed by atoms with Crippen LogP contribution in [0.15, 0.2) is 12.1 Å². The Kier molecular flexibility index (Phi) is 2.18. The molecule has 0 bridgehead atoms. The van der Waals surface area contributed by atoms with E-state index in [-0.39, 0.29) is 11.5 Å². The fourth-order valence-electron chi connectivity index (χ4n) is 1.24. The van der Waals surface area contributed by atoms with E-state index in [2.05, 4.69) is 0 Å². The highest BCUT2D eigenvalue weighted by Crippen LogP contribution is 2.25. The highest BCUT2D eigenvalue weighted by Gasteiger charge is 2.10. The summed E-state index contributed by atoms with van der Waals surface area (Å²) in [4.78, 5) is 11.1. The molecule has 2 nitrogen and oxygen atoms in total. The van der Waals surface area contributed by atoms with Gasteiger partial charge >= 0.3 is 0 Å². The Bertz CT molecular complexity index is 327. The van der Waals surface area contributed by atoms with Crippen LogP contribution in [-0.4, -0.2) is 10.9 Å². The van der Waals surface area contributed by atoms with E-state index < -0.39 is 0 Å². The molecule has 1 rings (SSSR count). The Morgan fingerprint density at radius 1 is 1.25 bits per heavy atom. The summed E-state index contributed by atoms with van der Waals surface area (Å²) in [5.74, 6) is 0.0243. The van der Waals surface area contributed by atoms with Gasteiger partial charge < -0.3 is 5.11 Å². The highest BCUT2D eigenvalue weighted by atomic mass is 16.3. The number of hydrogen-bond donors (Lipinski definition) is 1. The van der Waals surface area contributed by atoms with Crippen LogP contribution in [-0.2, 0) is 0 Å². The average molecular weight is 164 g/mol. The molecule has 0 atom stereocenters. The summed E-state index contributed by atoms with van der Waals surface area (Å²) < 4.78 is 0. The molecule has 0 aliphatic heterocycles. The molecule has 0 saturated heterocycles. The minimum Gasteiger partial charge on any atom is -0.507 e. The van der Waals surface area contributed by atoms with Gasteiger partial charge in [-0.1, -0.05) is 12.1 Å². The van der Waals surface area contributed by atoms with Crippen molar-refractivity contribution < 1.29 is 9.90 Å². The lowest BCUT2D eigenvalue weighted by atomic mass is 10.0. The molecule has 64 valence electrons. The number of phenolic OH excluding ortho intramolecular Hbond substituents is 1. The lowest BCUT2D eigenvalue weighted by molar-refractivity contribution is 0.101. The SMILES string of the molecule is CC(=O)c1c(C)ccc(C)c1O. The van der Waals surface area contributed by atoms with Gasteiger partial charge in [-0.2, -0.15) is 0 Å². The first kappa shape index (κ1) is 8.78. The number of rotatable bonds is 1. The Balaban J connectivity index is 3.43. The Morgan fingerprint density at radius 3 is 2.17 bits per heavy atom. The molecular formula is C10H12O2. The van der Waals surface area contributed by atoms with Crippen LogP contribution in [0.1, 0.15) is 28.4 Å². The second-order valence-corrected chi connectivity index (χ2v) is 2.98. The molecule has 0 fully saturated rings. The van der Waals surface area contributed by atoms with Gasteiger partial charge in [-0.3, -0.25) is 4.79 Å². The molecular weight excluding hydrogens is 152 g/mol. The zero-order valence-corrected chi connectivity index (χ0v) is 7.51. The Hall–Kier alpha value is -1.31. The van der Waals surface area contributed by atoms with Crippen LogP contribution in [0.4, 0.5) is 0 Å². The molecule has 0 aromatic heterocycles. The molecule has 2 heteroatoms. The van der Waals surface area contributed by atoms with E-state index in [1.807, 2.05) is 13.0 Å². The third kappa shape index (κ3) is 1.33. The number of benzene rings is 1. The van der Waals surface area contributed by atoms with Gasteiger partial charge in [0.25, 0.3) is 0 Å². The summed E-state index contributed by atoms with van der Waals surface area (Å²) in [6, 6.07) is 3.64. The van der Waals surface area contributed by atoms with Crippen molar-refractivity contribution in [3.63, 3.8) is 0 Å². The summed E-state index contributed by atoms with van der Waals surface area (Å²) in [6.45, 7) is 5.05. The van der Waals surface area contributed by atoms with Gasteiger partial charge in [0.05, 0.1) is 5.56 Å². The van der Waals surface area contributed by atoms with Crippen molar-refractivity contribution in [2.24, 2.45) is 0 Å². The van der Waals surface area contributed by atoms with Gasteiger partial charge in [0.15, 0.2) is 5.78 Å². The van der Waals surface area contributed by atoms with Crippen LogP contribution >= 0.6 is 0 Å². The van der Waals surface area contributed by atoms with Crippen molar-refractivity contribution >= 4 is 5.78 Å². The van der Waals surface area contributed by atoms with E-state index in [0.717, 1.165) is 11.1 Å². The monoisotopic (exact) mass is 164 g/mol. The van der Waals surface area contributed by atoms with Gasteiger partial charge in [-0.05, 0) is 31.9 Å².